The van der Waals surface area contributed by atoms with Crippen LogP contribution in [-0.2, 0) is 12.8 Å². The van der Waals surface area contributed by atoms with Crippen molar-refractivity contribution in [1.82, 2.24) is 4.57 Å². The van der Waals surface area contributed by atoms with E-state index in [1.165, 1.54) is 0 Å². The number of benzene rings is 2. The molecule has 0 saturated heterocycles. The van der Waals surface area contributed by atoms with Crippen LogP contribution in [0.5, 0.6) is 5.75 Å². The third-order valence-corrected chi connectivity index (χ3v) is 4.88. The smallest absolute Gasteiger partial charge is 0.338 e. The lowest BCUT2D eigenvalue weighted by Crippen LogP contribution is -2.03. The van der Waals surface area contributed by atoms with Crippen LogP contribution in [0.3, 0.4) is 0 Å². The zero-order valence-electron chi connectivity index (χ0n) is 12.9. The normalized spacial score (nSPS) is 10.9. The first-order chi connectivity index (χ1) is 11.1. The highest BCUT2D eigenvalue weighted by atomic mass is 32.2. The number of nitrogens with zero attached hydrogens (tertiary/aromatic N) is 1. The maximum atomic E-state index is 11.8. The number of rotatable bonds is 5. The predicted molar refractivity (Wildman–Crippen MR) is 92.4 cm³/mol. The molecule has 0 aliphatic heterocycles. The SMILES string of the molecule is COc1ccc2c(c1)c(C(=O)O)c(CSc1ccccc1)n2C. The highest BCUT2D eigenvalue weighted by molar-refractivity contribution is 7.98. The van der Waals surface area contributed by atoms with Crippen molar-refractivity contribution in [3.8, 4) is 5.75 Å². The monoisotopic (exact) mass is 327 g/mol. The lowest BCUT2D eigenvalue weighted by Gasteiger charge is -2.06. The lowest BCUT2D eigenvalue weighted by molar-refractivity contribution is 0.0698. The Morgan fingerprint density at radius 2 is 1.96 bits per heavy atom. The minimum absolute atomic E-state index is 0.352. The van der Waals surface area contributed by atoms with E-state index in [9.17, 15) is 9.90 Å². The fourth-order valence-corrected chi connectivity index (χ4v) is 3.67. The van der Waals surface area contributed by atoms with Crippen molar-refractivity contribution in [2.45, 2.75) is 10.6 Å². The number of hydrogen-bond donors (Lipinski definition) is 1. The molecule has 2 aromatic carbocycles. The number of hydrogen-bond acceptors (Lipinski definition) is 3. The molecular formula is C18H17NO3S. The standard InChI is InChI=1S/C18H17NO3S/c1-19-15-9-8-12(22-2)10-14(15)17(18(20)21)16(19)11-23-13-6-4-3-5-7-13/h3-10H,11H2,1-2H3,(H,20,21). The summed E-state index contributed by atoms with van der Waals surface area (Å²) >= 11 is 1.63. The van der Waals surface area contributed by atoms with Gasteiger partial charge in [-0.05, 0) is 30.3 Å². The molecule has 0 fully saturated rings. The van der Waals surface area contributed by atoms with Crippen molar-refractivity contribution < 1.29 is 14.6 Å². The maximum absolute atomic E-state index is 11.8. The number of carbonyl (C=O) groups is 1. The fraction of sp³-hybridized carbons (Fsp3) is 0.167. The van der Waals surface area contributed by atoms with Crippen LogP contribution in [0.25, 0.3) is 10.9 Å². The molecule has 3 aromatic rings. The van der Waals surface area contributed by atoms with Crippen LogP contribution in [0.2, 0.25) is 0 Å². The third-order valence-electron chi connectivity index (χ3n) is 3.86. The van der Waals surface area contributed by atoms with Crippen LogP contribution in [0, 0.1) is 0 Å². The van der Waals surface area contributed by atoms with Crippen molar-refractivity contribution in [3.63, 3.8) is 0 Å². The van der Waals surface area contributed by atoms with E-state index in [2.05, 4.69) is 0 Å². The number of aromatic nitrogens is 1. The van der Waals surface area contributed by atoms with Gasteiger partial charge in [0.25, 0.3) is 0 Å². The van der Waals surface area contributed by atoms with Crippen LogP contribution >= 0.6 is 11.8 Å². The van der Waals surface area contributed by atoms with Gasteiger partial charge in [0.05, 0.1) is 12.7 Å². The first kappa shape index (κ1) is 15.5. The number of fused-ring (bicyclic) bond motifs is 1. The summed E-state index contributed by atoms with van der Waals surface area (Å²) in [5.74, 6) is 0.347. The Kier molecular flexibility index (Phi) is 4.30. The second kappa shape index (κ2) is 6.38. The number of aryl methyl sites for hydroxylation is 1. The summed E-state index contributed by atoms with van der Waals surface area (Å²) in [7, 11) is 3.48. The van der Waals surface area contributed by atoms with Crippen molar-refractivity contribution >= 4 is 28.6 Å². The Bertz CT molecular complexity index is 856. The summed E-state index contributed by atoms with van der Waals surface area (Å²) in [5, 5.41) is 10.4. The van der Waals surface area contributed by atoms with Crippen molar-refractivity contribution in [2.24, 2.45) is 7.05 Å². The molecule has 0 spiro atoms. The minimum atomic E-state index is -0.910. The van der Waals surface area contributed by atoms with Crippen molar-refractivity contribution in [2.75, 3.05) is 7.11 Å². The van der Waals surface area contributed by atoms with Crippen LogP contribution in [0.15, 0.2) is 53.4 Å². The van der Waals surface area contributed by atoms with E-state index in [4.69, 9.17) is 4.74 Å². The van der Waals surface area contributed by atoms with Gasteiger partial charge in [0.2, 0.25) is 0 Å². The van der Waals surface area contributed by atoms with E-state index in [0.29, 0.717) is 22.5 Å². The Balaban J connectivity index is 2.06. The van der Waals surface area contributed by atoms with Gasteiger partial charge in [0.15, 0.2) is 0 Å². The average Bonchev–Trinajstić information content (AvgIpc) is 2.85. The zero-order chi connectivity index (χ0) is 16.4. The number of carboxylic acids is 1. The summed E-state index contributed by atoms with van der Waals surface area (Å²) in [6.45, 7) is 0. The predicted octanol–water partition coefficient (Wildman–Crippen LogP) is 4.18. The van der Waals surface area contributed by atoms with Gasteiger partial charge in [0, 0.05) is 34.3 Å². The van der Waals surface area contributed by atoms with Crippen LogP contribution in [0.1, 0.15) is 16.1 Å². The Hall–Kier alpha value is -2.40. The number of thioether (sulfide) groups is 1. The van der Waals surface area contributed by atoms with Gasteiger partial charge in [-0.15, -0.1) is 11.8 Å². The van der Waals surface area contributed by atoms with Crippen molar-refractivity contribution in [3.05, 3.63) is 59.8 Å². The second-order valence-electron chi connectivity index (χ2n) is 5.17. The molecule has 0 aliphatic rings. The molecular weight excluding hydrogens is 310 g/mol. The highest BCUT2D eigenvalue weighted by Gasteiger charge is 2.21. The zero-order valence-corrected chi connectivity index (χ0v) is 13.8. The number of aromatic carboxylic acids is 1. The molecule has 1 N–H and O–H groups in total. The molecule has 0 saturated carbocycles. The number of methoxy groups -OCH3 is 1. The molecule has 4 nitrogen and oxygen atoms in total. The molecule has 0 unspecified atom stereocenters. The van der Waals surface area contributed by atoms with Gasteiger partial charge in [-0.1, -0.05) is 18.2 Å². The van der Waals surface area contributed by atoms with Gasteiger partial charge >= 0.3 is 5.97 Å². The molecule has 118 valence electrons. The first-order valence-corrected chi connectivity index (χ1v) is 8.17. The Morgan fingerprint density at radius 3 is 2.61 bits per heavy atom. The van der Waals surface area contributed by atoms with Gasteiger partial charge in [-0.3, -0.25) is 0 Å². The van der Waals surface area contributed by atoms with Gasteiger partial charge in [-0.25, -0.2) is 4.79 Å². The van der Waals surface area contributed by atoms with Gasteiger partial charge < -0.3 is 14.4 Å². The van der Waals surface area contributed by atoms with E-state index < -0.39 is 5.97 Å². The molecule has 0 atom stereocenters. The molecule has 0 aliphatic carbocycles. The molecule has 0 bridgehead atoms. The van der Waals surface area contributed by atoms with Gasteiger partial charge in [0.1, 0.15) is 5.75 Å². The highest BCUT2D eigenvalue weighted by Crippen LogP contribution is 2.32. The molecule has 5 heteroatoms. The maximum Gasteiger partial charge on any atom is 0.338 e. The fourth-order valence-electron chi connectivity index (χ4n) is 2.68. The van der Waals surface area contributed by atoms with E-state index in [0.717, 1.165) is 16.1 Å². The Morgan fingerprint density at radius 1 is 1.22 bits per heavy atom. The lowest BCUT2D eigenvalue weighted by atomic mass is 10.1. The van der Waals surface area contributed by atoms with Crippen LogP contribution < -0.4 is 4.74 Å². The number of carboxylic acid groups (broad SMARTS) is 1. The van der Waals surface area contributed by atoms with Gasteiger partial charge in [-0.2, -0.15) is 0 Å². The van der Waals surface area contributed by atoms with Crippen LogP contribution in [0.4, 0.5) is 0 Å². The first-order valence-electron chi connectivity index (χ1n) is 7.18. The molecule has 0 amide bonds. The summed E-state index contributed by atoms with van der Waals surface area (Å²) in [6.07, 6.45) is 0. The second-order valence-corrected chi connectivity index (χ2v) is 6.22. The third kappa shape index (κ3) is 2.92. The summed E-state index contributed by atoms with van der Waals surface area (Å²) in [6, 6.07) is 15.5. The van der Waals surface area contributed by atoms with E-state index in [-0.39, 0.29) is 0 Å². The summed E-state index contributed by atoms with van der Waals surface area (Å²) in [5.41, 5.74) is 2.05. The Labute approximate surface area is 138 Å². The number of ether oxygens (including phenoxy) is 1. The minimum Gasteiger partial charge on any atom is -0.497 e. The summed E-state index contributed by atoms with van der Waals surface area (Å²) < 4.78 is 7.18. The molecule has 1 aromatic heterocycles. The van der Waals surface area contributed by atoms with Crippen LogP contribution in [-0.4, -0.2) is 22.8 Å². The summed E-state index contributed by atoms with van der Waals surface area (Å²) in [4.78, 5) is 12.9. The topological polar surface area (TPSA) is 51.5 Å². The molecule has 3 rings (SSSR count). The van der Waals surface area contributed by atoms with E-state index in [1.54, 1.807) is 24.9 Å². The quantitative estimate of drug-likeness (QED) is 0.714. The van der Waals surface area contributed by atoms with E-state index >= 15 is 0 Å². The molecule has 0 radical (unpaired) electrons. The molecule has 23 heavy (non-hydrogen) atoms. The average molecular weight is 327 g/mol. The van der Waals surface area contributed by atoms with Crippen molar-refractivity contribution in [1.29, 1.82) is 0 Å². The molecule has 1 heterocycles. The van der Waals surface area contributed by atoms with E-state index in [1.807, 2.05) is 54.1 Å². The largest absolute Gasteiger partial charge is 0.497 e.